The molecule has 1 unspecified atom stereocenters. The van der Waals surface area contributed by atoms with Crippen LogP contribution in [0.4, 0.5) is 0 Å². The van der Waals surface area contributed by atoms with Crippen LogP contribution in [0.1, 0.15) is 19.3 Å². The lowest BCUT2D eigenvalue weighted by Crippen LogP contribution is -2.29. The number of aliphatic carboxylic acids is 1. The zero-order valence-electron chi connectivity index (χ0n) is 7.49. The van der Waals surface area contributed by atoms with Gasteiger partial charge in [-0.3, -0.25) is 4.79 Å². The van der Waals surface area contributed by atoms with E-state index in [9.17, 15) is 4.79 Å². The Labute approximate surface area is 78.0 Å². The standard InChI is InChI=1S/C9H15NO3/c1-2-3-4-5-10-7-8(11)6-9(12)13/h1,8,10-11H,3-7H2,(H,12,13). The van der Waals surface area contributed by atoms with E-state index in [2.05, 4.69) is 11.2 Å². The van der Waals surface area contributed by atoms with Gasteiger partial charge in [0.05, 0.1) is 12.5 Å². The summed E-state index contributed by atoms with van der Waals surface area (Å²) in [6.07, 6.45) is 5.54. The van der Waals surface area contributed by atoms with Crippen molar-refractivity contribution in [3.63, 3.8) is 0 Å². The van der Waals surface area contributed by atoms with Gasteiger partial charge >= 0.3 is 5.97 Å². The molecule has 0 heterocycles. The molecule has 0 aliphatic heterocycles. The van der Waals surface area contributed by atoms with Gasteiger partial charge in [-0.1, -0.05) is 0 Å². The third-order valence-electron chi connectivity index (χ3n) is 1.46. The number of nitrogens with one attached hydrogen (secondary N) is 1. The van der Waals surface area contributed by atoms with Gasteiger partial charge in [0.1, 0.15) is 0 Å². The summed E-state index contributed by atoms with van der Waals surface area (Å²) >= 11 is 0. The molecule has 0 bridgehead atoms. The average Bonchev–Trinajstić information content (AvgIpc) is 2.02. The highest BCUT2D eigenvalue weighted by Gasteiger charge is 2.07. The van der Waals surface area contributed by atoms with E-state index in [1.54, 1.807) is 0 Å². The smallest absolute Gasteiger partial charge is 0.306 e. The number of hydrogen-bond donors (Lipinski definition) is 3. The number of unbranched alkanes of at least 4 members (excludes halogenated alkanes) is 1. The highest BCUT2D eigenvalue weighted by molar-refractivity contribution is 5.67. The Morgan fingerprint density at radius 2 is 2.31 bits per heavy atom. The summed E-state index contributed by atoms with van der Waals surface area (Å²) in [6.45, 7) is 1.01. The zero-order valence-corrected chi connectivity index (χ0v) is 7.49. The van der Waals surface area contributed by atoms with E-state index in [1.165, 1.54) is 0 Å². The van der Waals surface area contributed by atoms with Gasteiger partial charge in [-0.25, -0.2) is 0 Å². The van der Waals surface area contributed by atoms with Crippen LogP contribution in [-0.4, -0.2) is 35.4 Å². The van der Waals surface area contributed by atoms with E-state index in [4.69, 9.17) is 16.6 Å². The van der Waals surface area contributed by atoms with Crippen LogP contribution in [0.2, 0.25) is 0 Å². The van der Waals surface area contributed by atoms with Gasteiger partial charge in [0.15, 0.2) is 0 Å². The van der Waals surface area contributed by atoms with Crippen LogP contribution in [0.3, 0.4) is 0 Å². The molecule has 0 saturated heterocycles. The number of hydrogen-bond acceptors (Lipinski definition) is 3. The molecule has 0 spiro atoms. The van der Waals surface area contributed by atoms with E-state index in [0.29, 0.717) is 19.5 Å². The monoisotopic (exact) mass is 185 g/mol. The van der Waals surface area contributed by atoms with Crippen molar-refractivity contribution in [3.05, 3.63) is 0 Å². The molecule has 74 valence electrons. The summed E-state index contributed by atoms with van der Waals surface area (Å²) in [5.74, 6) is 1.50. The summed E-state index contributed by atoms with van der Waals surface area (Å²) < 4.78 is 0. The predicted molar refractivity (Wildman–Crippen MR) is 49.2 cm³/mol. The van der Waals surface area contributed by atoms with Crippen molar-refractivity contribution in [3.8, 4) is 12.3 Å². The molecule has 0 amide bonds. The molecule has 0 aromatic rings. The van der Waals surface area contributed by atoms with Crippen LogP contribution in [0.25, 0.3) is 0 Å². The predicted octanol–water partition coefficient (Wildman–Crippen LogP) is -0.175. The molecule has 0 aromatic carbocycles. The minimum atomic E-state index is -0.988. The van der Waals surface area contributed by atoms with Crippen molar-refractivity contribution < 1.29 is 15.0 Å². The van der Waals surface area contributed by atoms with E-state index < -0.39 is 12.1 Å². The fourth-order valence-electron chi connectivity index (χ4n) is 0.858. The summed E-state index contributed by atoms with van der Waals surface area (Å²) in [7, 11) is 0. The molecular formula is C9H15NO3. The van der Waals surface area contributed by atoms with Crippen molar-refractivity contribution in [2.24, 2.45) is 0 Å². The largest absolute Gasteiger partial charge is 0.481 e. The van der Waals surface area contributed by atoms with E-state index >= 15 is 0 Å². The van der Waals surface area contributed by atoms with E-state index in [-0.39, 0.29) is 6.42 Å². The number of aliphatic hydroxyl groups excluding tert-OH is 1. The van der Waals surface area contributed by atoms with Crippen LogP contribution < -0.4 is 5.32 Å². The quantitative estimate of drug-likeness (QED) is 0.380. The molecule has 0 aromatic heterocycles. The lowest BCUT2D eigenvalue weighted by molar-refractivity contribution is -0.139. The Bertz CT molecular complexity index is 186. The van der Waals surface area contributed by atoms with Crippen LogP contribution in [-0.2, 0) is 4.79 Å². The number of carbonyl (C=O) groups is 1. The molecule has 0 rings (SSSR count). The highest BCUT2D eigenvalue weighted by atomic mass is 16.4. The fourth-order valence-corrected chi connectivity index (χ4v) is 0.858. The summed E-state index contributed by atoms with van der Waals surface area (Å²) in [4.78, 5) is 10.1. The van der Waals surface area contributed by atoms with E-state index in [1.807, 2.05) is 0 Å². The first-order valence-electron chi connectivity index (χ1n) is 4.21. The summed E-state index contributed by atoms with van der Waals surface area (Å²) in [5, 5.41) is 20.3. The Hall–Kier alpha value is -1.05. The van der Waals surface area contributed by atoms with Crippen LogP contribution in [0.5, 0.6) is 0 Å². The molecule has 3 N–H and O–H groups in total. The molecule has 1 atom stereocenters. The summed E-state index contributed by atoms with van der Waals surface area (Å²) in [5.41, 5.74) is 0. The fraction of sp³-hybridized carbons (Fsp3) is 0.667. The van der Waals surface area contributed by atoms with Gasteiger partial charge in [-0.2, -0.15) is 0 Å². The molecule has 0 radical (unpaired) electrons. The molecule has 4 nitrogen and oxygen atoms in total. The first kappa shape index (κ1) is 11.9. The van der Waals surface area contributed by atoms with Crippen molar-refractivity contribution in [2.75, 3.05) is 13.1 Å². The number of aliphatic hydroxyl groups is 1. The SMILES string of the molecule is C#CCCCNCC(O)CC(=O)O. The Morgan fingerprint density at radius 1 is 1.62 bits per heavy atom. The van der Waals surface area contributed by atoms with Gasteiger partial charge in [0.2, 0.25) is 0 Å². The van der Waals surface area contributed by atoms with Crippen molar-refractivity contribution in [2.45, 2.75) is 25.4 Å². The first-order chi connectivity index (χ1) is 6.16. The minimum Gasteiger partial charge on any atom is -0.481 e. The zero-order chi connectivity index (χ0) is 10.1. The van der Waals surface area contributed by atoms with Crippen LogP contribution >= 0.6 is 0 Å². The minimum absolute atomic E-state index is 0.220. The Morgan fingerprint density at radius 3 is 2.85 bits per heavy atom. The molecule has 4 heteroatoms. The number of carboxylic acid groups (broad SMARTS) is 1. The second kappa shape index (κ2) is 7.59. The summed E-state index contributed by atoms with van der Waals surface area (Å²) in [6, 6.07) is 0. The van der Waals surface area contributed by atoms with Crippen molar-refractivity contribution >= 4 is 5.97 Å². The Kier molecular flexibility index (Phi) is 6.98. The highest BCUT2D eigenvalue weighted by Crippen LogP contribution is 1.90. The topological polar surface area (TPSA) is 69.6 Å². The van der Waals surface area contributed by atoms with Crippen LogP contribution in [0.15, 0.2) is 0 Å². The molecule has 0 saturated carbocycles. The van der Waals surface area contributed by atoms with Gasteiger partial charge < -0.3 is 15.5 Å². The molecule has 0 aliphatic carbocycles. The normalized spacial score (nSPS) is 12.0. The lowest BCUT2D eigenvalue weighted by atomic mass is 10.2. The number of carboxylic acids is 1. The number of rotatable bonds is 7. The molecular weight excluding hydrogens is 170 g/mol. The first-order valence-corrected chi connectivity index (χ1v) is 4.21. The maximum Gasteiger partial charge on any atom is 0.306 e. The molecule has 13 heavy (non-hydrogen) atoms. The lowest BCUT2D eigenvalue weighted by Gasteiger charge is -2.08. The molecule has 0 fully saturated rings. The van der Waals surface area contributed by atoms with Gasteiger partial charge in [-0.15, -0.1) is 12.3 Å². The third kappa shape index (κ3) is 8.86. The average molecular weight is 185 g/mol. The number of terminal acetylenes is 1. The van der Waals surface area contributed by atoms with Crippen LogP contribution in [0, 0.1) is 12.3 Å². The Balaban J connectivity index is 3.22. The van der Waals surface area contributed by atoms with Crippen molar-refractivity contribution in [1.82, 2.24) is 5.32 Å². The van der Waals surface area contributed by atoms with Gasteiger partial charge in [0, 0.05) is 13.0 Å². The van der Waals surface area contributed by atoms with Crippen molar-refractivity contribution in [1.29, 1.82) is 0 Å². The molecule has 0 aliphatic rings. The third-order valence-corrected chi connectivity index (χ3v) is 1.46. The maximum absolute atomic E-state index is 10.1. The van der Waals surface area contributed by atoms with Gasteiger partial charge in [-0.05, 0) is 13.0 Å². The van der Waals surface area contributed by atoms with Gasteiger partial charge in [0.25, 0.3) is 0 Å². The van der Waals surface area contributed by atoms with E-state index in [0.717, 1.165) is 6.42 Å². The second-order valence-electron chi connectivity index (χ2n) is 2.76. The second-order valence-corrected chi connectivity index (χ2v) is 2.76. The maximum atomic E-state index is 10.1.